The molecule has 0 aliphatic heterocycles. The van der Waals surface area contributed by atoms with Gasteiger partial charge in [-0.1, -0.05) is 41.5 Å². The molecule has 8 nitrogen and oxygen atoms in total. The van der Waals surface area contributed by atoms with Gasteiger partial charge in [-0.05, 0) is 12.8 Å². The fourth-order valence-corrected chi connectivity index (χ4v) is 0.831. The van der Waals surface area contributed by atoms with Gasteiger partial charge in [-0.15, -0.1) is 12.2 Å². The molecular weight excluding hydrogens is 435 g/mol. The maximum Gasteiger partial charge on any atom is 2.00 e. The summed E-state index contributed by atoms with van der Waals surface area (Å²) in [6.45, 7) is 12.6. The van der Waals surface area contributed by atoms with Crippen LogP contribution in [0.5, 0.6) is 0 Å². The third kappa shape index (κ3) is 78.1. The van der Waals surface area contributed by atoms with Gasteiger partial charge in [0.05, 0.1) is 0 Å². The Morgan fingerprint density at radius 1 is 0.704 bits per heavy atom. The van der Waals surface area contributed by atoms with Crippen LogP contribution in [0.15, 0.2) is 0 Å². The molecule has 0 aromatic carbocycles. The molecular formula is C18H34O8Zr. The van der Waals surface area contributed by atoms with E-state index in [0.29, 0.717) is 25.7 Å². The van der Waals surface area contributed by atoms with E-state index in [0.717, 1.165) is 0 Å². The molecule has 0 fully saturated rings. The summed E-state index contributed by atoms with van der Waals surface area (Å²) in [4.78, 5) is 41.0. The molecule has 158 valence electrons. The van der Waals surface area contributed by atoms with Gasteiger partial charge in [0.15, 0.2) is 0 Å². The van der Waals surface area contributed by atoms with Gasteiger partial charge in [-0.2, -0.15) is 0 Å². The van der Waals surface area contributed by atoms with Gasteiger partial charge >= 0.3 is 50.1 Å². The molecule has 0 atom stereocenters. The largest absolute Gasteiger partial charge is 2.00 e. The van der Waals surface area contributed by atoms with Crippen LogP contribution < -0.4 is 10.2 Å². The van der Waals surface area contributed by atoms with Crippen LogP contribution >= 0.6 is 0 Å². The molecule has 0 aromatic rings. The molecule has 0 saturated carbocycles. The second-order valence-electron chi connectivity index (χ2n) is 5.53. The summed E-state index contributed by atoms with van der Waals surface area (Å²) >= 11 is 0. The Morgan fingerprint density at radius 2 is 0.889 bits per heavy atom. The Morgan fingerprint density at radius 3 is 1.00 bits per heavy atom. The van der Waals surface area contributed by atoms with E-state index in [1.807, 2.05) is 13.8 Å². The fraction of sp³-hybridized carbons (Fsp3) is 0.778. The number of ether oxygens (including phenoxy) is 2. The van der Waals surface area contributed by atoms with Crippen molar-refractivity contribution in [1.29, 1.82) is 0 Å². The molecule has 0 unspecified atom stereocenters. The van der Waals surface area contributed by atoms with Crippen molar-refractivity contribution in [2.45, 2.75) is 93.3 Å². The predicted molar refractivity (Wildman–Crippen MR) is 93.6 cm³/mol. The smallest absolute Gasteiger partial charge is 0.852 e. The van der Waals surface area contributed by atoms with Crippen LogP contribution in [-0.2, 0) is 54.9 Å². The average molecular weight is 470 g/mol. The van der Waals surface area contributed by atoms with E-state index < -0.39 is 36.1 Å². The van der Waals surface area contributed by atoms with Crippen LogP contribution in [0.3, 0.4) is 0 Å². The number of rotatable bonds is 4. The van der Waals surface area contributed by atoms with Gasteiger partial charge < -0.3 is 19.7 Å². The maximum atomic E-state index is 10.4. The molecule has 0 heterocycles. The average Bonchev–Trinajstić information content (AvgIpc) is 2.36. The molecule has 0 saturated heterocycles. The minimum absolute atomic E-state index is 0. The maximum absolute atomic E-state index is 10.4. The Balaban J connectivity index is -0.0000000843. The molecule has 0 N–H and O–H groups in total. The first-order valence-electron chi connectivity index (χ1n) is 8.54. The second kappa shape index (κ2) is 27.3. The van der Waals surface area contributed by atoms with Gasteiger partial charge in [0, 0.05) is 26.7 Å². The van der Waals surface area contributed by atoms with Gasteiger partial charge in [0.25, 0.3) is 0 Å². The Hall–Kier alpha value is -0.917. The van der Waals surface area contributed by atoms with Gasteiger partial charge in [0.1, 0.15) is 0 Å². The van der Waals surface area contributed by atoms with E-state index in [1.165, 1.54) is 13.8 Å². The van der Waals surface area contributed by atoms with Gasteiger partial charge in [-0.25, -0.2) is 0 Å². The fourth-order valence-electron chi connectivity index (χ4n) is 0.831. The number of hydrogen-bond donors (Lipinski definition) is 0. The zero-order chi connectivity index (χ0) is 21.7. The molecule has 0 spiro atoms. The monoisotopic (exact) mass is 468 g/mol. The standard InChI is InChI=1S/2C6H10O3.2C3H7O.Zr/c2*1-3-4-6(8)9-5(2)7;2*1-3(2)4;/h2*3-4H2,1-2H3;2*3H,1-2H3;/q;;2*-1;+2. The van der Waals surface area contributed by atoms with E-state index in [-0.39, 0.29) is 26.2 Å². The molecule has 0 amide bonds. The zero-order valence-electron chi connectivity index (χ0n) is 17.7. The topological polar surface area (TPSA) is 133 Å². The normalized spacial score (nSPS) is 8.44. The van der Waals surface area contributed by atoms with Crippen molar-refractivity contribution in [3.63, 3.8) is 0 Å². The van der Waals surface area contributed by atoms with E-state index in [4.69, 9.17) is 0 Å². The van der Waals surface area contributed by atoms with Crippen LogP contribution in [0.2, 0.25) is 0 Å². The van der Waals surface area contributed by atoms with E-state index in [9.17, 15) is 29.4 Å². The van der Waals surface area contributed by atoms with Crippen LogP contribution in [0.1, 0.15) is 81.1 Å². The second-order valence-corrected chi connectivity index (χ2v) is 5.53. The summed E-state index contributed by atoms with van der Waals surface area (Å²) in [7, 11) is 0. The Bertz CT molecular complexity index is 340. The molecule has 0 aliphatic rings. The van der Waals surface area contributed by atoms with Crippen molar-refractivity contribution in [2.75, 3.05) is 0 Å². The van der Waals surface area contributed by atoms with Crippen molar-refractivity contribution < 1.29 is 65.1 Å². The van der Waals surface area contributed by atoms with Crippen LogP contribution in [0.4, 0.5) is 0 Å². The van der Waals surface area contributed by atoms with Crippen molar-refractivity contribution in [3.05, 3.63) is 0 Å². The van der Waals surface area contributed by atoms with E-state index in [1.54, 1.807) is 27.7 Å². The van der Waals surface area contributed by atoms with Crippen molar-refractivity contribution in [3.8, 4) is 0 Å². The number of esters is 4. The first kappa shape index (κ1) is 36.9. The molecule has 0 aromatic heterocycles. The molecule has 9 heteroatoms. The Kier molecular flexibility index (Phi) is 37.3. The first-order valence-corrected chi connectivity index (χ1v) is 8.54. The summed E-state index contributed by atoms with van der Waals surface area (Å²) in [5.41, 5.74) is 0. The van der Waals surface area contributed by atoms with Crippen molar-refractivity contribution >= 4 is 23.9 Å². The minimum Gasteiger partial charge on any atom is -0.852 e. The van der Waals surface area contributed by atoms with Crippen LogP contribution in [0.25, 0.3) is 0 Å². The minimum atomic E-state index is -0.534. The summed E-state index contributed by atoms with van der Waals surface area (Å²) in [5, 5.41) is 19.1. The Labute approximate surface area is 182 Å². The molecule has 0 aliphatic carbocycles. The molecule has 27 heavy (non-hydrogen) atoms. The van der Waals surface area contributed by atoms with Crippen LogP contribution in [0, 0.1) is 0 Å². The zero-order valence-corrected chi connectivity index (χ0v) is 20.2. The predicted octanol–water partition coefficient (Wildman–Crippen LogP) is 1.26. The summed E-state index contributed by atoms with van der Waals surface area (Å²) in [6, 6.07) is 0. The van der Waals surface area contributed by atoms with Gasteiger partial charge in [0.2, 0.25) is 0 Å². The summed E-state index contributed by atoms with van der Waals surface area (Å²) in [5.74, 6) is -1.95. The van der Waals surface area contributed by atoms with Crippen molar-refractivity contribution in [1.82, 2.24) is 0 Å². The van der Waals surface area contributed by atoms with E-state index >= 15 is 0 Å². The van der Waals surface area contributed by atoms with E-state index in [2.05, 4.69) is 9.47 Å². The number of carbonyl (C=O) groups excluding carboxylic acids is 4. The van der Waals surface area contributed by atoms with Crippen molar-refractivity contribution in [2.24, 2.45) is 0 Å². The quantitative estimate of drug-likeness (QED) is 0.444. The molecule has 0 rings (SSSR count). The number of carbonyl (C=O) groups is 4. The summed E-state index contributed by atoms with van der Waals surface area (Å²) < 4.78 is 8.43. The number of hydrogen-bond acceptors (Lipinski definition) is 8. The molecule has 0 radical (unpaired) electrons. The first-order chi connectivity index (χ1) is 11.8. The summed E-state index contributed by atoms with van der Waals surface area (Å²) in [6.07, 6.45) is 1.23. The molecule has 0 bridgehead atoms. The SMILES string of the molecule is CC(C)[O-].CC(C)[O-].CCCC(=O)OC(C)=O.CCCC(=O)OC(C)=O.[Zr+2]. The van der Waals surface area contributed by atoms with Gasteiger partial charge in [-0.3, -0.25) is 19.2 Å². The van der Waals surface area contributed by atoms with Crippen LogP contribution in [-0.4, -0.2) is 36.1 Å². The third-order valence-corrected chi connectivity index (χ3v) is 1.42. The third-order valence-electron chi connectivity index (χ3n) is 1.42.